The minimum Gasteiger partial charge on any atom is -0.452 e. The van der Waals surface area contributed by atoms with Crippen molar-refractivity contribution in [3.8, 4) is 0 Å². The number of halogens is 2. The molecule has 1 aliphatic rings. The zero-order valence-corrected chi connectivity index (χ0v) is 15.1. The van der Waals surface area contributed by atoms with Crippen molar-refractivity contribution in [2.45, 2.75) is 38.6 Å². The first-order chi connectivity index (χ1) is 11.5. The van der Waals surface area contributed by atoms with Crippen molar-refractivity contribution in [2.24, 2.45) is 5.92 Å². The molecule has 0 bridgehead atoms. The van der Waals surface area contributed by atoms with E-state index < -0.39 is 11.8 Å². The highest BCUT2D eigenvalue weighted by atomic mass is 79.9. The number of esters is 1. The molecule has 1 fully saturated rings. The molecule has 2 atom stereocenters. The first-order valence-electron chi connectivity index (χ1n) is 8.05. The zero-order valence-electron chi connectivity index (χ0n) is 13.6. The molecule has 0 radical (unpaired) electrons. The Labute approximate surface area is 149 Å². The van der Waals surface area contributed by atoms with Gasteiger partial charge >= 0.3 is 5.97 Å². The van der Waals surface area contributed by atoms with Crippen molar-refractivity contribution in [3.05, 3.63) is 40.1 Å². The van der Waals surface area contributed by atoms with Crippen molar-refractivity contribution >= 4 is 33.9 Å². The molecule has 1 N–H and O–H groups in total. The van der Waals surface area contributed by atoms with Crippen LogP contribution >= 0.6 is 15.9 Å². The number of ether oxygens (including phenoxy) is 1. The summed E-state index contributed by atoms with van der Waals surface area (Å²) in [6.07, 6.45) is 6.80. The fourth-order valence-corrected chi connectivity index (χ4v) is 3.14. The van der Waals surface area contributed by atoms with Crippen LogP contribution in [0.1, 0.15) is 38.2 Å². The Hall–Kier alpha value is -1.69. The lowest BCUT2D eigenvalue weighted by atomic mass is 9.86. The first kappa shape index (κ1) is 18.6. The van der Waals surface area contributed by atoms with Crippen molar-refractivity contribution in [2.75, 3.05) is 6.61 Å². The average Bonchev–Trinajstić information content (AvgIpc) is 2.56. The van der Waals surface area contributed by atoms with Crippen molar-refractivity contribution in [1.82, 2.24) is 5.32 Å². The van der Waals surface area contributed by atoms with Crippen LogP contribution < -0.4 is 5.32 Å². The molecule has 24 heavy (non-hydrogen) atoms. The molecule has 0 aromatic heterocycles. The van der Waals surface area contributed by atoms with Gasteiger partial charge in [-0.25, -0.2) is 9.18 Å². The lowest BCUT2D eigenvalue weighted by Crippen LogP contribution is -2.42. The molecule has 1 saturated carbocycles. The molecular formula is C18H21BrFNO3. The lowest BCUT2D eigenvalue weighted by molar-refractivity contribution is -0.144. The SMILES string of the molecule is C[C@H]1CCCC[C@@H]1NC(=O)COC(=O)/C=C/c1cc(Br)ccc1F. The van der Waals surface area contributed by atoms with E-state index in [0.29, 0.717) is 10.4 Å². The minimum atomic E-state index is -0.679. The van der Waals surface area contributed by atoms with Crippen LogP contribution in [0.15, 0.2) is 28.7 Å². The molecule has 0 spiro atoms. The summed E-state index contributed by atoms with van der Waals surface area (Å²) in [6, 6.07) is 4.57. The highest BCUT2D eigenvalue weighted by Gasteiger charge is 2.22. The van der Waals surface area contributed by atoms with Gasteiger partial charge in [-0.1, -0.05) is 35.7 Å². The lowest BCUT2D eigenvalue weighted by Gasteiger charge is -2.29. The van der Waals surface area contributed by atoms with Gasteiger partial charge in [-0.15, -0.1) is 0 Å². The van der Waals surface area contributed by atoms with Crippen LogP contribution in [0.2, 0.25) is 0 Å². The second kappa shape index (κ2) is 8.97. The summed E-state index contributed by atoms with van der Waals surface area (Å²) >= 11 is 3.24. The van der Waals surface area contributed by atoms with Gasteiger partial charge in [0.05, 0.1) is 0 Å². The van der Waals surface area contributed by atoms with E-state index in [9.17, 15) is 14.0 Å². The Morgan fingerprint density at radius 3 is 2.88 bits per heavy atom. The number of amides is 1. The van der Waals surface area contributed by atoms with E-state index in [1.54, 1.807) is 12.1 Å². The van der Waals surface area contributed by atoms with Gasteiger partial charge < -0.3 is 10.1 Å². The van der Waals surface area contributed by atoms with Gasteiger partial charge in [0.2, 0.25) is 0 Å². The number of carbonyl (C=O) groups excluding carboxylic acids is 2. The Bertz CT molecular complexity index is 633. The third-order valence-electron chi connectivity index (χ3n) is 4.16. The molecule has 1 aliphatic carbocycles. The van der Waals surface area contributed by atoms with Gasteiger partial charge in [-0.05, 0) is 43.0 Å². The van der Waals surface area contributed by atoms with Crippen molar-refractivity contribution in [3.63, 3.8) is 0 Å². The first-order valence-corrected chi connectivity index (χ1v) is 8.84. The van der Waals surface area contributed by atoms with Crippen molar-refractivity contribution in [1.29, 1.82) is 0 Å². The van der Waals surface area contributed by atoms with E-state index in [1.807, 2.05) is 0 Å². The summed E-state index contributed by atoms with van der Waals surface area (Å²) < 4.78 is 19.1. The van der Waals surface area contributed by atoms with Gasteiger partial charge in [-0.2, -0.15) is 0 Å². The molecule has 1 aromatic rings. The summed E-state index contributed by atoms with van der Waals surface area (Å²) in [5.41, 5.74) is 0.266. The van der Waals surface area contributed by atoms with E-state index in [0.717, 1.165) is 25.3 Å². The van der Waals surface area contributed by atoms with Crippen LogP contribution in [0, 0.1) is 11.7 Å². The van der Waals surface area contributed by atoms with E-state index >= 15 is 0 Å². The summed E-state index contributed by atoms with van der Waals surface area (Å²) in [7, 11) is 0. The van der Waals surface area contributed by atoms with Crippen molar-refractivity contribution < 1.29 is 18.7 Å². The number of hydrogen-bond acceptors (Lipinski definition) is 3. The largest absolute Gasteiger partial charge is 0.452 e. The molecule has 0 heterocycles. The maximum absolute atomic E-state index is 13.5. The zero-order chi connectivity index (χ0) is 17.5. The second-order valence-corrected chi connectivity index (χ2v) is 6.96. The maximum Gasteiger partial charge on any atom is 0.331 e. The molecule has 130 valence electrons. The maximum atomic E-state index is 13.5. The normalized spacial score (nSPS) is 20.8. The molecule has 1 amide bonds. The smallest absolute Gasteiger partial charge is 0.331 e. The van der Waals surface area contributed by atoms with E-state index in [1.165, 1.54) is 18.6 Å². The van der Waals surface area contributed by atoms with Crippen LogP contribution in [-0.2, 0) is 14.3 Å². The number of carbonyl (C=O) groups is 2. The molecule has 0 saturated heterocycles. The predicted molar refractivity (Wildman–Crippen MR) is 93.7 cm³/mol. The van der Waals surface area contributed by atoms with Crippen LogP contribution in [0.5, 0.6) is 0 Å². The van der Waals surface area contributed by atoms with E-state index in [4.69, 9.17) is 4.74 Å². The van der Waals surface area contributed by atoms with Gasteiger partial charge in [-0.3, -0.25) is 4.79 Å². The summed E-state index contributed by atoms with van der Waals surface area (Å²) in [6.45, 7) is 1.79. The fourth-order valence-electron chi connectivity index (χ4n) is 2.76. The molecule has 2 rings (SSSR count). The number of hydrogen-bond donors (Lipinski definition) is 1. The molecule has 6 heteroatoms. The molecule has 4 nitrogen and oxygen atoms in total. The highest BCUT2D eigenvalue weighted by molar-refractivity contribution is 9.10. The predicted octanol–water partition coefficient (Wildman–Crippen LogP) is 3.84. The van der Waals surface area contributed by atoms with E-state index in [-0.39, 0.29) is 24.1 Å². The third-order valence-corrected chi connectivity index (χ3v) is 4.65. The van der Waals surface area contributed by atoms with Crippen LogP contribution in [0.3, 0.4) is 0 Å². The molecule has 0 unspecified atom stereocenters. The van der Waals surface area contributed by atoms with Gasteiger partial charge in [0, 0.05) is 22.2 Å². The minimum absolute atomic E-state index is 0.149. The standard InChI is InChI=1S/C18H21BrFNO3/c1-12-4-2-3-5-16(12)21-17(22)11-24-18(23)9-6-13-10-14(19)7-8-15(13)20/h6-10,12,16H,2-5,11H2,1H3,(H,21,22)/b9-6+/t12-,16-/m0/s1. The van der Waals surface area contributed by atoms with Crippen LogP contribution in [-0.4, -0.2) is 24.5 Å². The van der Waals surface area contributed by atoms with E-state index in [2.05, 4.69) is 28.2 Å². The van der Waals surface area contributed by atoms with Gasteiger partial charge in [0.1, 0.15) is 5.82 Å². The van der Waals surface area contributed by atoms with Crippen LogP contribution in [0.4, 0.5) is 4.39 Å². The summed E-state index contributed by atoms with van der Waals surface area (Å²) in [4.78, 5) is 23.5. The average molecular weight is 398 g/mol. The number of benzene rings is 1. The number of rotatable bonds is 5. The third kappa shape index (κ3) is 5.74. The molecular weight excluding hydrogens is 377 g/mol. The topological polar surface area (TPSA) is 55.4 Å². The van der Waals surface area contributed by atoms with Gasteiger partial charge in [0.25, 0.3) is 5.91 Å². The second-order valence-electron chi connectivity index (χ2n) is 6.04. The summed E-state index contributed by atoms with van der Waals surface area (Å²) in [5, 5.41) is 2.91. The molecule has 1 aromatic carbocycles. The Morgan fingerprint density at radius 2 is 2.12 bits per heavy atom. The molecule has 0 aliphatic heterocycles. The fraction of sp³-hybridized carbons (Fsp3) is 0.444. The number of nitrogens with one attached hydrogen (secondary N) is 1. The Balaban J connectivity index is 1.79. The van der Waals surface area contributed by atoms with Gasteiger partial charge in [0.15, 0.2) is 6.61 Å². The highest BCUT2D eigenvalue weighted by Crippen LogP contribution is 2.23. The Morgan fingerprint density at radius 1 is 1.38 bits per heavy atom. The Kier molecular flexibility index (Phi) is 6.97. The summed E-state index contributed by atoms with van der Waals surface area (Å²) in [5.74, 6) is -0.977. The monoisotopic (exact) mass is 397 g/mol. The van der Waals surface area contributed by atoms with Crippen LogP contribution in [0.25, 0.3) is 6.08 Å². The quantitative estimate of drug-likeness (QED) is 0.606.